The van der Waals surface area contributed by atoms with Crippen LogP contribution in [-0.4, -0.2) is 14.8 Å². The second-order valence-corrected chi connectivity index (χ2v) is 5.57. The molecule has 0 bridgehead atoms. The van der Waals surface area contributed by atoms with Crippen LogP contribution in [0.2, 0.25) is 0 Å². The van der Waals surface area contributed by atoms with E-state index >= 15 is 0 Å². The molecule has 0 fully saturated rings. The molecule has 1 aromatic heterocycles. The summed E-state index contributed by atoms with van der Waals surface area (Å²) in [6.07, 6.45) is 2.04. The summed E-state index contributed by atoms with van der Waals surface area (Å²) >= 11 is 3.26. The molecule has 0 saturated carbocycles. The molecule has 0 amide bonds. The third kappa shape index (κ3) is 3.05. The minimum absolute atomic E-state index is 0.210. The van der Waals surface area contributed by atoms with Crippen molar-refractivity contribution in [1.82, 2.24) is 20.2 Å². The minimum Gasteiger partial charge on any atom is -0.271 e. The first-order valence-corrected chi connectivity index (χ1v) is 7.12. The van der Waals surface area contributed by atoms with Crippen LogP contribution in [0, 0.1) is 5.82 Å². The molecule has 0 radical (unpaired) electrons. The van der Waals surface area contributed by atoms with Gasteiger partial charge in [0.05, 0.1) is 10.5 Å². The van der Waals surface area contributed by atoms with Gasteiger partial charge in [0.1, 0.15) is 18.0 Å². The lowest BCUT2D eigenvalue weighted by molar-refractivity contribution is 0.466. The van der Waals surface area contributed by atoms with Crippen LogP contribution in [0.1, 0.15) is 37.3 Å². The molecule has 0 aliphatic carbocycles. The number of halogens is 2. The maximum Gasteiger partial charge on any atom is 0.138 e. The molecule has 20 heavy (non-hydrogen) atoms. The molecule has 1 unspecified atom stereocenters. The minimum atomic E-state index is -0.312. The Labute approximate surface area is 125 Å². The molecular formula is C13H17BrFN5. The van der Waals surface area contributed by atoms with Crippen molar-refractivity contribution in [2.75, 3.05) is 0 Å². The third-order valence-electron chi connectivity index (χ3n) is 3.08. The number of rotatable bonds is 5. The molecule has 1 heterocycles. The number of aromatic nitrogens is 3. The van der Waals surface area contributed by atoms with Crippen molar-refractivity contribution in [3.63, 3.8) is 0 Å². The first-order chi connectivity index (χ1) is 9.54. The summed E-state index contributed by atoms with van der Waals surface area (Å²) < 4.78 is 15.9. The Balaban J connectivity index is 2.29. The molecule has 2 rings (SSSR count). The van der Waals surface area contributed by atoms with Gasteiger partial charge in [0.25, 0.3) is 0 Å². The van der Waals surface area contributed by atoms with Gasteiger partial charge in [-0.05, 0) is 41.4 Å². The van der Waals surface area contributed by atoms with Crippen LogP contribution in [0.25, 0.3) is 0 Å². The first kappa shape index (κ1) is 15.1. The lowest BCUT2D eigenvalue weighted by Crippen LogP contribution is -2.31. The van der Waals surface area contributed by atoms with Crippen LogP contribution in [-0.2, 0) is 6.42 Å². The lowest BCUT2D eigenvalue weighted by atomic mass is 10.0. The third-order valence-corrected chi connectivity index (χ3v) is 3.92. The molecule has 108 valence electrons. The van der Waals surface area contributed by atoms with E-state index in [-0.39, 0.29) is 17.9 Å². The number of nitrogens with zero attached hydrogens (tertiary/aromatic N) is 3. The van der Waals surface area contributed by atoms with Crippen LogP contribution in [0.5, 0.6) is 0 Å². The second kappa shape index (κ2) is 6.43. The zero-order chi connectivity index (χ0) is 14.7. The number of nitrogens with two attached hydrogens (primary N) is 1. The Hall–Kier alpha value is -1.31. The van der Waals surface area contributed by atoms with Crippen molar-refractivity contribution in [2.45, 2.75) is 32.4 Å². The van der Waals surface area contributed by atoms with Gasteiger partial charge in [-0.15, -0.1) is 0 Å². The Bertz CT molecular complexity index is 584. The molecule has 5 nitrogen and oxygen atoms in total. The van der Waals surface area contributed by atoms with Gasteiger partial charge in [-0.25, -0.2) is 14.1 Å². The van der Waals surface area contributed by atoms with Crippen molar-refractivity contribution in [3.8, 4) is 0 Å². The van der Waals surface area contributed by atoms with Gasteiger partial charge in [-0.2, -0.15) is 5.10 Å². The Morgan fingerprint density at radius 2 is 2.20 bits per heavy atom. The summed E-state index contributed by atoms with van der Waals surface area (Å²) in [6, 6.07) is 4.85. The Morgan fingerprint density at radius 1 is 1.45 bits per heavy atom. The molecule has 0 aliphatic rings. The molecule has 0 aliphatic heterocycles. The second-order valence-electron chi connectivity index (χ2n) is 4.78. The zero-order valence-corrected chi connectivity index (χ0v) is 12.9. The van der Waals surface area contributed by atoms with E-state index in [1.54, 1.807) is 6.07 Å². The molecule has 2 aromatic rings. The van der Waals surface area contributed by atoms with Gasteiger partial charge < -0.3 is 0 Å². The largest absolute Gasteiger partial charge is 0.271 e. The van der Waals surface area contributed by atoms with Crippen molar-refractivity contribution in [2.24, 2.45) is 5.84 Å². The van der Waals surface area contributed by atoms with Gasteiger partial charge in [0, 0.05) is 12.5 Å². The number of hydrogen-bond acceptors (Lipinski definition) is 4. The molecule has 1 atom stereocenters. The van der Waals surface area contributed by atoms with Crippen LogP contribution in [0.4, 0.5) is 4.39 Å². The predicted molar refractivity (Wildman–Crippen MR) is 78.3 cm³/mol. The van der Waals surface area contributed by atoms with Crippen molar-refractivity contribution in [3.05, 3.63) is 46.2 Å². The fourth-order valence-corrected chi connectivity index (χ4v) is 2.62. The van der Waals surface area contributed by atoms with E-state index in [2.05, 4.69) is 31.4 Å². The average molecular weight is 342 g/mol. The quantitative estimate of drug-likeness (QED) is 0.647. The van der Waals surface area contributed by atoms with Gasteiger partial charge in [-0.1, -0.05) is 12.1 Å². The summed E-state index contributed by atoms with van der Waals surface area (Å²) in [5.41, 5.74) is 3.47. The maximum absolute atomic E-state index is 13.6. The van der Waals surface area contributed by atoms with E-state index in [1.165, 1.54) is 12.4 Å². The van der Waals surface area contributed by atoms with Crippen LogP contribution >= 0.6 is 15.9 Å². The number of hydrazine groups is 1. The molecule has 7 heteroatoms. The highest BCUT2D eigenvalue weighted by atomic mass is 79.9. The van der Waals surface area contributed by atoms with Crippen molar-refractivity contribution >= 4 is 15.9 Å². The highest BCUT2D eigenvalue weighted by Crippen LogP contribution is 2.27. The monoisotopic (exact) mass is 341 g/mol. The van der Waals surface area contributed by atoms with Gasteiger partial charge in [-0.3, -0.25) is 11.3 Å². The molecule has 1 aromatic carbocycles. The van der Waals surface area contributed by atoms with E-state index in [4.69, 9.17) is 5.84 Å². The fourth-order valence-electron chi connectivity index (χ4n) is 2.08. The predicted octanol–water partition coefficient (Wildman–Crippen LogP) is 2.51. The smallest absolute Gasteiger partial charge is 0.138 e. The topological polar surface area (TPSA) is 68.8 Å². The summed E-state index contributed by atoms with van der Waals surface area (Å²) in [5.74, 6) is 6.11. The van der Waals surface area contributed by atoms with Crippen LogP contribution < -0.4 is 11.3 Å². The van der Waals surface area contributed by atoms with Crippen molar-refractivity contribution < 1.29 is 4.39 Å². The summed E-state index contributed by atoms with van der Waals surface area (Å²) in [6.45, 7) is 4.06. The normalized spacial score (nSPS) is 12.9. The summed E-state index contributed by atoms with van der Waals surface area (Å²) in [5, 5.41) is 4.19. The Morgan fingerprint density at radius 3 is 2.85 bits per heavy atom. The standard InChI is InChI=1S/C13H17BrFN5/c1-8(2)20-12(17-7-18-20)6-11(19-16)9-4-3-5-10(15)13(9)14/h3-5,7-8,11,19H,6,16H2,1-2H3. The Kier molecular flexibility index (Phi) is 4.85. The molecular weight excluding hydrogens is 325 g/mol. The molecule has 3 N–H and O–H groups in total. The fraction of sp³-hybridized carbons (Fsp3) is 0.385. The van der Waals surface area contributed by atoms with Gasteiger partial charge >= 0.3 is 0 Å². The zero-order valence-electron chi connectivity index (χ0n) is 11.3. The number of hydrogen-bond donors (Lipinski definition) is 2. The van der Waals surface area contributed by atoms with E-state index < -0.39 is 0 Å². The van der Waals surface area contributed by atoms with E-state index in [0.29, 0.717) is 10.9 Å². The van der Waals surface area contributed by atoms with E-state index in [0.717, 1.165) is 11.4 Å². The summed E-state index contributed by atoms with van der Waals surface area (Å²) in [7, 11) is 0. The average Bonchev–Trinajstić information content (AvgIpc) is 2.88. The highest BCUT2D eigenvalue weighted by Gasteiger charge is 2.19. The highest BCUT2D eigenvalue weighted by molar-refractivity contribution is 9.10. The van der Waals surface area contributed by atoms with Gasteiger partial charge in [0.2, 0.25) is 0 Å². The summed E-state index contributed by atoms with van der Waals surface area (Å²) in [4.78, 5) is 4.25. The van der Waals surface area contributed by atoms with E-state index in [9.17, 15) is 4.39 Å². The first-order valence-electron chi connectivity index (χ1n) is 6.33. The number of nitrogens with one attached hydrogen (secondary N) is 1. The van der Waals surface area contributed by atoms with E-state index in [1.807, 2.05) is 24.6 Å². The maximum atomic E-state index is 13.6. The number of benzene rings is 1. The SMILES string of the molecule is CC(C)n1ncnc1CC(NN)c1cccc(F)c1Br. The lowest BCUT2D eigenvalue weighted by Gasteiger charge is -2.19. The van der Waals surface area contributed by atoms with Crippen LogP contribution in [0.3, 0.4) is 0 Å². The van der Waals surface area contributed by atoms with Crippen LogP contribution in [0.15, 0.2) is 29.0 Å². The van der Waals surface area contributed by atoms with Gasteiger partial charge in [0.15, 0.2) is 0 Å². The molecule has 0 saturated heterocycles. The van der Waals surface area contributed by atoms with Crippen molar-refractivity contribution in [1.29, 1.82) is 0 Å². The molecule has 0 spiro atoms.